The Morgan fingerprint density at radius 2 is 1.85 bits per heavy atom. The molecule has 0 radical (unpaired) electrons. The second-order valence-corrected chi connectivity index (χ2v) is 4.49. The van der Waals surface area contributed by atoms with Crippen LogP contribution in [0, 0.1) is 13.8 Å². The molecule has 5 heteroatoms. The topological polar surface area (TPSA) is 56.3 Å². The lowest BCUT2D eigenvalue weighted by Crippen LogP contribution is -2.06. The maximum absolute atomic E-state index is 5.40. The zero-order valence-electron chi connectivity index (χ0n) is 12.2. The van der Waals surface area contributed by atoms with Crippen LogP contribution in [0.25, 0.3) is 0 Å². The van der Waals surface area contributed by atoms with E-state index in [1.54, 1.807) is 20.4 Å². The molecular formula is C15H19N3O2. The molecule has 0 aliphatic carbocycles. The van der Waals surface area contributed by atoms with Crippen LogP contribution in [-0.4, -0.2) is 24.2 Å². The molecule has 0 spiro atoms. The Hall–Kier alpha value is -2.30. The van der Waals surface area contributed by atoms with E-state index < -0.39 is 0 Å². The van der Waals surface area contributed by atoms with E-state index in [2.05, 4.69) is 15.3 Å². The third-order valence-corrected chi connectivity index (χ3v) is 3.16. The number of ether oxygens (including phenoxy) is 2. The van der Waals surface area contributed by atoms with Gasteiger partial charge in [-0.05, 0) is 19.9 Å². The Kier molecular flexibility index (Phi) is 4.40. The molecule has 0 aliphatic heterocycles. The molecule has 0 aliphatic rings. The standard InChI is InChI=1S/C15H19N3O2/c1-10-7-17-13(11(2)15(10)20-4)9-16-12-5-6-14(19-3)18-8-12/h5-8,16H,9H2,1-4H3. The Morgan fingerprint density at radius 1 is 1.05 bits per heavy atom. The van der Waals surface area contributed by atoms with Crippen molar-refractivity contribution in [3.05, 3.63) is 41.3 Å². The monoisotopic (exact) mass is 273 g/mol. The van der Waals surface area contributed by atoms with Gasteiger partial charge in [-0.3, -0.25) is 4.98 Å². The summed E-state index contributed by atoms with van der Waals surface area (Å²) in [6.45, 7) is 4.63. The fourth-order valence-electron chi connectivity index (χ4n) is 2.04. The van der Waals surface area contributed by atoms with Crippen molar-refractivity contribution < 1.29 is 9.47 Å². The summed E-state index contributed by atoms with van der Waals surface area (Å²) in [6.07, 6.45) is 3.56. The van der Waals surface area contributed by atoms with Gasteiger partial charge in [0.2, 0.25) is 5.88 Å². The van der Waals surface area contributed by atoms with Gasteiger partial charge in [0.05, 0.1) is 38.3 Å². The van der Waals surface area contributed by atoms with Crippen molar-refractivity contribution in [2.45, 2.75) is 20.4 Å². The van der Waals surface area contributed by atoms with Gasteiger partial charge in [-0.2, -0.15) is 0 Å². The summed E-state index contributed by atoms with van der Waals surface area (Å²) in [5.41, 5.74) is 3.98. The maximum atomic E-state index is 5.40. The highest BCUT2D eigenvalue weighted by Gasteiger charge is 2.09. The number of aromatic nitrogens is 2. The van der Waals surface area contributed by atoms with E-state index in [1.165, 1.54) is 0 Å². The molecule has 0 fully saturated rings. The summed E-state index contributed by atoms with van der Waals surface area (Å²) < 4.78 is 10.4. The molecular weight excluding hydrogens is 254 g/mol. The normalized spacial score (nSPS) is 10.2. The predicted molar refractivity (Wildman–Crippen MR) is 78.4 cm³/mol. The van der Waals surface area contributed by atoms with Crippen LogP contribution < -0.4 is 14.8 Å². The molecule has 20 heavy (non-hydrogen) atoms. The zero-order valence-corrected chi connectivity index (χ0v) is 12.2. The number of pyridine rings is 2. The number of nitrogens with zero attached hydrogens (tertiary/aromatic N) is 2. The van der Waals surface area contributed by atoms with Crippen LogP contribution in [0.1, 0.15) is 16.8 Å². The van der Waals surface area contributed by atoms with Crippen molar-refractivity contribution in [2.24, 2.45) is 0 Å². The summed E-state index contributed by atoms with van der Waals surface area (Å²) in [6, 6.07) is 3.74. The maximum Gasteiger partial charge on any atom is 0.213 e. The highest BCUT2D eigenvalue weighted by atomic mass is 16.5. The van der Waals surface area contributed by atoms with Crippen LogP contribution in [0.5, 0.6) is 11.6 Å². The van der Waals surface area contributed by atoms with Crippen molar-refractivity contribution >= 4 is 5.69 Å². The fraction of sp³-hybridized carbons (Fsp3) is 0.333. The van der Waals surface area contributed by atoms with Crippen molar-refractivity contribution in [3.63, 3.8) is 0 Å². The average molecular weight is 273 g/mol. The number of hydrogen-bond acceptors (Lipinski definition) is 5. The van der Waals surface area contributed by atoms with Crippen molar-refractivity contribution in [2.75, 3.05) is 19.5 Å². The van der Waals surface area contributed by atoms with Gasteiger partial charge in [0.1, 0.15) is 5.75 Å². The Labute approximate surface area is 119 Å². The zero-order chi connectivity index (χ0) is 14.5. The molecule has 0 saturated heterocycles. The van der Waals surface area contributed by atoms with Gasteiger partial charge in [0, 0.05) is 23.4 Å². The van der Waals surface area contributed by atoms with Crippen LogP contribution in [0.2, 0.25) is 0 Å². The Bertz CT molecular complexity index is 582. The molecule has 0 bridgehead atoms. The van der Waals surface area contributed by atoms with Crippen LogP contribution in [0.3, 0.4) is 0 Å². The molecule has 2 heterocycles. The number of rotatable bonds is 5. The van der Waals surface area contributed by atoms with Crippen LogP contribution in [0.15, 0.2) is 24.5 Å². The number of nitrogens with one attached hydrogen (secondary N) is 1. The van der Waals surface area contributed by atoms with Gasteiger partial charge in [-0.1, -0.05) is 0 Å². The molecule has 0 unspecified atom stereocenters. The minimum atomic E-state index is 0.599. The number of anilines is 1. The van der Waals surface area contributed by atoms with Gasteiger partial charge in [-0.15, -0.1) is 0 Å². The molecule has 0 atom stereocenters. The van der Waals surface area contributed by atoms with E-state index in [0.29, 0.717) is 12.4 Å². The Balaban J connectivity index is 2.10. The molecule has 0 saturated carbocycles. The van der Waals surface area contributed by atoms with Gasteiger partial charge < -0.3 is 14.8 Å². The van der Waals surface area contributed by atoms with Gasteiger partial charge >= 0.3 is 0 Å². The smallest absolute Gasteiger partial charge is 0.213 e. The first-order chi connectivity index (χ1) is 9.65. The molecule has 1 N–H and O–H groups in total. The van der Waals surface area contributed by atoms with E-state index in [0.717, 1.165) is 28.3 Å². The Morgan fingerprint density at radius 3 is 2.45 bits per heavy atom. The molecule has 2 aromatic rings. The largest absolute Gasteiger partial charge is 0.496 e. The molecule has 2 rings (SSSR count). The fourth-order valence-corrected chi connectivity index (χ4v) is 2.04. The SMILES string of the molecule is COc1ccc(NCc2ncc(C)c(OC)c2C)cn1. The third-order valence-electron chi connectivity index (χ3n) is 3.16. The first-order valence-electron chi connectivity index (χ1n) is 6.38. The quantitative estimate of drug-likeness (QED) is 0.907. The summed E-state index contributed by atoms with van der Waals surface area (Å²) >= 11 is 0. The second kappa shape index (κ2) is 6.23. The summed E-state index contributed by atoms with van der Waals surface area (Å²) in [5.74, 6) is 1.49. The van der Waals surface area contributed by atoms with E-state index in [9.17, 15) is 0 Å². The predicted octanol–water partition coefficient (Wildman–Crippen LogP) is 2.72. The van der Waals surface area contributed by atoms with E-state index in [-0.39, 0.29) is 0 Å². The molecule has 106 valence electrons. The summed E-state index contributed by atoms with van der Waals surface area (Å²) in [5, 5.41) is 3.29. The highest BCUT2D eigenvalue weighted by molar-refractivity contribution is 5.45. The lowest BCUT2D eigenvalue weighted by atomic mass is 10.1. The van der Waals surface area contributed by atoms with Crippen LogP contribution >= 0.6 is 0 Å². The van der Waals surface area contributed by atoms with Gasteiger partial charge in [0.15, 0.2) is 0 Å². The number of methoxy groups -OCH3 is 2. The molecule has 2 aromatic heterocycles. The molecule has 5 nitrogen and oxygen atoms in total. The molecule has 0 aromatic carbocycles. The van der Waals surface area contributed by atoms with Crippen molar-refractivity contribution in [1.29, 1.82) is 0 Å². The van der Waals surface area contributed by atoms with Crippen LogP contribution in [-0.2, 0) is 6.54 Å². The van der Waals surface area contributed by atoms with Gasteiger partial charge in [-0.25, -0.2) is 4.98 Å². The highest BCUT2D eigenvalue weighted by Crippen LogP contribution is 2.24. The van der Waals surface area contributed by atoms with E-state index in [4.69, 9.17) is 9.47 Å². The van der Waals surface area contributed by atoms with E-state index in [1.807, 2.05) is 32.2 Å². The number of hydrogen-bond donors (Lipinski definition) is 1. The minimum absolute atomic E-state index is 0.599. The first-order valence-corrected chi connectivity index (χ1v) is 6.38. The van der Waals surface area contributed by atoms with Crippen LogP contribution in [0.4, 0.5) is 5.69 Å². The third kappa shape index (κ3) is 2.99. The first kappa shape index (κ1) is 14.1. The summed E-state index contributed by atoms with van der Waals surface area (Å²) in [4.78, 5) is 8.60. The lowest BCUT2D eigenvalue weighted by molar-refractivity contribution is 0.398. The molecule has 0 amide bonds. The second-order valence-electron chi connectivity index (χ2n) is 4.49. The van der Waals surface area contributed by atoms with Crippen molar-refractivity contribution in [1.82, 2.24) is 9.97 Å². The van der Waals surface area contributed by atoms with Gasteiger partial charge in [0.25, 0.3) is 0 Å². The average Bonchev–Trinajstić information content (AvgIpc) is 2.47. The minimum Gasteiger partial charge on any atom is -0.496 e. The number of aryl methyl sites for hydroxylation is 1. The lowest BCUT2D eigenvalue weighted by Gasteiger charge is -2.13. The van der Waals surface area contributed by atoms with Crippen molar-refractivity contribution in [3.8, 4) is 11.6 Å². The summed E-state index contributed by atoms with van der Waals surface area (Å²) in [7, 11) is 3.28. The van der Waals surface area contributed by atoms with E-state index >= 15 is 0 Å².